The number of carboxylic acids is 1. The first-order chi connectivity index (χ1) is 19.2. The second-order valence-corrected chi connectivity index (χ2v) is 10.3. The van der Waals surface area contributed by atoms with Crippen molar-refractivity contribution in [1.29, 1.82) is 0 Å². The molecular formula is C30H29F3N2O5. The zero-order valence-corrected chi connectivity index (χ0v) is 22.0. The van der Waals surface area contributed by atoms with E-state index in [-0.39, 0.29) is 11.9 Å². The van der Waals surface area contributed by atoms with Crippen molar-refractivity contribution in [2.45, 2.75) is 69.1 Å². The number of ether oxygens (including phenoxy) is 2. The minimum atomic E-state index is -4.73. The van der Waals surface area contributed by atoms with Crippen molar-refractivity contribution in [1.82, 2.24) is 10.1 Å². The van der Waals surface area contributed by atoms with Gasteiger partial charge >= 0.3 is 18.0 Å². The quantitative estimate of drug-likeness (QED) is 0.341. The molecule has 5 rings (SSSR count). The molecule has 0 unspecified atom stereocenters. The molecule has 40 heavy (non-hydrogen) atoms. The molecule has 2 aliphatic carbocycles. The Morgan fingerprint density at radius 2 is 1.82 bits per heavy atom. The molecule has 1 aromatic heterocycles. The molecule has 2 aromatic carbocycles. The van der Waals surface area contributed by atoms with E-state index in [1.807, 2.05) is 18.2 Å². The van der Waals surface area contributed by atoms with Crippen LogP contribution in [0.1, 0.15) is 68.4 Å². The van der Waals surface area contributed by atoms with Gasteiger partial charge in [-0.15, -0.1) is 0 Å². The lowest BCUT2D eigenvalue weighted by Gasteiger charge is -2.36. The summed E-state index contributed by atoms with van der Waals surface area (Å²) in [5, 5.41) is 13.0. The van der Waals surface area contributed by atoms with Crippen LogP contribution in [0.15, 0.2) is 47.0 Å². The molecule has 210 valence electrons. The third kappa shape index (κ3) is 5.93. The van der Waals surface area contributed by atoms with E-state index in [4.69, 9.17) is 9.47 Å². The maximum Gasteiger partial charge on any atom is 0.471 e. The number of methoxy groups -OCH3 is 1. The Kier molecular flexibility index (Phi) is 7.74. The number of rotatable bonds is 6. The highest BCUT2D eigenvalue weighted by Crippen LogP contribution is 2.44. The Hall–Kier alpha value is -4.00. The smallest absolute Gasteiger partial charge is 0.471 e. The fourth-order valence-electron chi connectivity index (χ4n) is 5.48. The molecule has 2 saturated carbocycles. The first kappa shape index (κ1) is 27.6. The third-order valence-corrected chi connectivity index (χ3v) is 7.74. The number of carboxylic acid groups (broad SMARTS) is 1. The van der Waals surface area contributed by atoms with Gasteiger partial charge in [0.1, 0.15) is 0 Å². The second-order valence-electron chi connectivity index (χ2n) is 10.3. The summed E-state index contributed by atoms with van der Waals surface area (Å²) in [4.78, 5) is 15.2. The van der Waals surface area contributed by atoms with Gasteiger partial charge in [-0.05, 0) is 81.2 Å². The summed E-state index contributed by atoms with van der Waals surface area (Å²) in [6.07, 6.45) is 1.62. The Labute approximate surface area is 229 Å². The molecule has 3 aromatic rings. The van der Waals surface area contributed by atoms with E-state index in [0.717, 1.165) is 31.2 Å². The first-order valence-corrected chi connectivity index (χ1v) is 13.3. The highest BCUT2D eigenvalue weighted by molar-refractivity contribution is 5.70. The van der Waals surface area contributed by atoms with Gasteiger partial charge in [0.15, 0.2) is 11.5 Å². The normalized spacial score (nSPS) is 21.4. The third-order valence-electron chi connectivity index (χ3n) is 7.74. The van der Waals surface area contributed by atoms with E-state index in [1.54, 1.807) is 31.4 Å². The molecule has 7 nitrogen and oxygen atoms in total. The Bertz CT molecular complexity index is 1420. The van der Waals surface area contributed by atoms with Gasteiger partial charge in [-0.2, -0.15) is 18.2 Å². The van der Waals surface area contributed by atoms with Crippen molar-refractivity contribution >= 4 is 5.97 Å². The number of alkyl halides is 3. The van der Waals surface area contributed by atoms with Gasteiger partial charge in [0.2, 0.25) is 5.82 Å². The Balaban J connectivity index is 1.49. The summed E-state index contributed by atoms with van der Waals surface area (Å²) in [5.41, 5.74) is 1.18. The van der Waals surface area contributed by atoms with E-state index in [1.165, 1.54) is 0 Å². The van der Waals surface area contributed by atoms with Crippen LogP contribution in [0.4, 0.5) is 13.2 Å². The standard InChI is InChI=1S/C30H29F3N2O5/c1-38-24-10-9-22(18-25(24)39-23-7-2-3-8-23)29(15-12-20(13-16-29)27(36)37)14-11-19-5-4-6-21(17-19)26-34-28(40-35-26)30(31,32)33/h4-6,9-10,17-18,20,23H,2-3,7-8,12-13,15-16H2,1H3,(H,36,37). The number of aliphatic carboxylic acids is 1. The van der Waals surface area contributed by atoms with Crippen LogP contribution in [0, 0.1) is 17.8 Å². The van der Waals surface area contributed by atoms with Gasteiger partial charge in [-0.3, -0.25) is 4.79 Å². The van der Waals surface area contributed by atoms with Crippen LogP contribution < -0.4 is 9.47 Å². The van der Waals surface area contributed by atoms with Crippen LogP contribution in [0.3, 0.4) is 0 Å². The lowest BCUT2D eigenvalue weighted by Crippen LogP contribution is -2.33. The number of carbonyl (C=O) groups is 1. The van der Waals surface area contributed by atoms with Crippen molar-refractivity contribution in [3.63, 3.8) is 0 Å². The molecule has 0 aliphatic heterocycles. The summed E-state index contributed by atoms with van der Waals surface area (Å²) < 4.78 is 55.0. The number of hydrogen-bond acceptors (Lipinski definition) is 6. The van der Waals surface area contributed by atoms with Crippen LogP contribution in [-0.2, 0) is 16.4 Å². The average Bonchev–Trinajstić information content (AvgIpc) is 3.65. The first-order valence-electron chi connectivity index (χ1n) is 13.3. The van der Waals surface area contributed by atoms with Crippen molar-refractivity contribution in [3.8, 4) is 34.7 Å². The second kappa shape index (κ2) is 11.2. The summed E-state index contributed by atoms with van der Waals surface area (Å²) in [5.74, 6) is 5.03. The fraction of sp³-hybridized carbons (Fsp3) is 0.433. The van der Waals surface area contributed by atoms with Crippen molar-refractivity contribution in [2.75, 3.05) is 7.11 Å². The summed E-state index contributed by atoms with van der Waals surface area (Å²) in [6, 6.07) is 12.4. The number of nitrogens with zero attached hydrogens (tertiary/aromatic N) is 2. The van der Waals surface area contributed by atoms with Crippen LogP contribution in [0.2, 0.25) is 0 Å². The van der Waals surface area contributed by atoms with Crippen molar-refractivity contribution < 1.29 is 37.1 Å². The molecule has 0 amide bonds. The van der Waals surface area contributed by atoms with Crippen LogP contribution in [0.25, 0.3) is 11.4 Å². The largest absolute Gasteiger partial charge is 0.493 e. The molecule has 2 aliphatic rings. The van der Waals surface area contributed by atoms with Gasteiger partial charge in [0, 0.05) is 11.1 Å². The molecular weight excluding hydrogens is 525 g/mol. The van der Waals surface area contributed by atoms with E-state index in [9.17, 15) is 23.1 Å². The van der Waals surface area contributed by atoms with E-state index >= 15 is 0 Å². The highest BCUT2D eigenvalue weighted by atomic mass is 19.4. The lowest BCUT2D eigenvalue weighted by atomic mass is 9.67. The zero-order valence-electron chi connectivity index (χ0n) is 22.0. The highest BCUT2D eigenvalue weighted by Gasteiger charge is 2.39. The molecule has 0 saturated heterocycles. The average molecular weight is 555 g/mol. The molecule has 0 radical (unpaired) electrons. The van der Waals surface area contributed by atoms with E-state index in [2.05, 4.69) is 26.5 Å². The topological polar surface area (TPSA) is 94.7 Å². The number of benzene rings is 2. The molecule has 0 spiro atoms. The summed E-state index contributed by atoms with van der Waals surface area (Å²) in [7, 11) is 1.60. The minimum Gasteiger partial charge on any atom is -0.493 e. The Morgan fingerprint density at radius 1 is 1.07 bits per heavy atom. The molecule has 10 heteroatoms. The van der Waals surface area contributed by atoms with Crippen LogP contribution in [-0.4, -0.2) is 34.4 Å². The number of halogens is 3. The van der Waals surface area contributed by atoms with Gasteiger partial charge < -0.3 is 19.1 Å². The molecule has 1 heterocycles. The van der Waals surface area contributed by atoms with E-state index in [0.29, 0.717) is 48.3 Å². The lowest BCUT2D eigenvalue weighted by molar-refractivity contribution is -0.159. The van der Waals surface area contributed by atoms with Gasteiger partial charge in [0.25, 0.3) is 0 Å². The monoisotopic (exact) mass is 554 g/mol. The maximum absolute atomic E-state index is 12.9. The SMILES string of the molecule is COc1ccc(C2(C#Cc3cccc(-c4noc(C(F)(F)F)n4)c3)CCC(C(=O)O)CC2)cc1OC1CCCC1. The van der Waals surface area contributed by atoms with Crippen LogP contribution >= 0.6 is 0 Å². The van der Waals surface area contributed by atoms with Crippen LogP contribution in [0.5, 0.6) is 11.5 Å². The molecule has 2 fully saturated rings. The maximum atomic E-state index is 12.9. The van der Waals surface area contributed by atoms with Crippen molar-refractivity contribution in [3.05, 3.63) is 59.5 Å². The molecule has 1 N–H and O–H groups in total. The fourth-order valence-corrected chi connectivity index (χ4v) is 5.48. The number of aromatic nitrogens is 2. The van der Waals surface area contributed by atoms with E-state index < -0.39 is 29.4 Å². The predicted molar refractivity (Wildman–Crippen MR) is 139 cm³/mol. The van der Waals surface area contributed by atoms with Gasteiger partial charge in [0.05, 0.1) is 24.5 Å². The van der Waals surface area contributed by atoms with Crippen molar-refractivity contribution in [2.24, 2.45) is 5.92 Å². The minimum absolute atomic E-state index is 0.125. The number of hydrogen-bond donors (Lipinski definition) is 1. The van der Waals surface area contributed by atoms with Gasteiger partial charge in [-0.1, -0.05) is 35.2 Å². The summed E-state index contributed by atoms with van der Waals surface area (Å²) >= 11 is 0. The molecule has 0 bridgehead atoms. The Morgan fingerprint density at radius 3 is 2.48 bits per heavy atom. The summed E-state index contributed by atoms with van der Waals surface area (Å²) in [6.45, 7) is 0. The predicted octanol–water partition coefficient (Wildman–Crippen LogP) is 6.65. The van der Waals surface area contributed by atoms with Gasteiger partial charge in [-0.25, -0.2) is 0 Å². The molecule has 0 atom stereocenters. The zero-order chi connectivity index (χ0) is 28.3.